The summed E-state index contributed by atoms with van der Waals surface area (Å²) in [6.07, 6.45) is 4.24. The summed E-state index contributed by atoms with van der Waals surface area (Å²) in [6.45, 7) is 11.1. The molecule has 0 saturated carbocycles. The maximum Gasteiger partial charge on any atom is 0.242 e. The number of hydrogen-bond acceptors (Lipinski definition) is 2. The van der Waals surface area contributed by atoms with Gasteiger partial charge < -0.3 is 9.16 Å². The second-order valence-corrected chi connectivity index (χ2v) is 8.63. The third-order valence-corrected chi connectivity index (χ3v) is 2.50. The van der Waals surface area contributed by atoms with E-state index in [4.69, 9.17) is 9.16 Å². The maximum atomic E-state index is 5.73. The molecule has 0 aromatic heterocycles. The first-order valence-electron chi connectivity index (χ1n) is 4.70. The number of hydrogen-bond donors (Lipinski definition) is 0. The van der Waals surface area contributed by atoms with Crippen LogP contribution in [0.15, 0.2) is 24.2 Å². The minimum Gasteiger partial charge on any atom is -0.542 e. The number of allylic oxidation sites excluding steroid dienone is 1. The van der Waals surface area contributed by atoms with Gasteiger partial charge in [0.05, 0.1) is 6.61 Å². The van der Waals surface area contributed by atoms with E-state index in [0.717, 1.165) is 25.2 Å². The lowest BCUT2D eigenvalue weighted by atomic mass is 10.2. The highest BCUT2D eigenvalue weighted by atomic mass is 28.4. The van der Waals surface area contributed by atoms with Crippen LogP contribution in [0, 0.1) is 0 Å². The lowest BCUT2D eigenvalue weighted by Gasteiger charge is -2.24. The van der Waals surface area contributed by atoms with Crippen molar-refractivity contribution in [1.29, 1.82) is 0 Å². The zero-order valence-corrected chi connectivity index (χ0v) is 9.72. The molecule has 74 valence electrons. The molecule has 0 N–H and O–H groups in total. The van der Waals surface area contributed by atoms with Crippen LogP contribution in [0.5, 0.6) is 0 Å². The van der Waals surface area contributed by atoms with E-state index >= 15 is 0 Å². The molecule has 0 fully saturated rings. The van der Waals surface area contributed by atoms with Gasteiger partial charge in [-0.25, -0.2) is 0 Å². The zero-order chi connectivity index (χ0) is 9.90. The Bertz CT molecular complexity index is 226. The summed E-state index contributed by atoms with van der Waals surface area (Å²) in [5.41, 5.74) is 0. The van der Waals surface area contributed by atoms with Crippen molar-refractivity contribution < 1.29 is 9.16 Å². The molecule has 0 amide bonds. The molecule has 13 heavy (non-hydrogen) atoms. The van der Waals surface area contributed by atoms with Crippen LogP contribution >= 0.6 is 0 Å². The van der Waals surface area contributed by atoms with Crippen LogP contribution in [-0.2, 0) is 9.16 Å². The molecule has 0 unspecified atom stereocenters. The molecule has 0 aliphatic carbocycles. The Morgan fingerprint density at radius 3 is 2.69 bits per heavy atom. The number of ether oxygens (including phenoxy) is 1. The smallest absolute Gasteiger partial charge is 0.242 e. The standard InChI is InChI=1S/C10H18O2Si/c1-9(12-13(2,3)4)10-7-5-6-8-11-10/h7H,1,5-6,8H2,2-4H3. The van der Waals surface area contributed by atoms with Gasteiger partial charge in [-0.2, -0.15) is 0 Å². The summed E-state index contributed by atoms with van der Waals surface area (Å²) in [6, 6.07) is 0. The monoisotopic (exact) mass is 198 g/mol. The van der Waals surface area contributed by atoms with Crippen molar-refractivity contribution in [3.63, 3.8) is 0 Å². The van der Waals surface area contributed by atoms with E-state index in [2.05, 4.69) is 32.3 Å². The van der Waals surface area contributed by atoms with E-state index in [1.54, 1.807) is 0 Å². The summed E-state index contributed by atoms with van der Waals surface area (Å²) in [5.74, 6) is 1.55. The van der Waals surface area contributed by atoms with Gasteiger partial charge in [0.2, 0.25) is 8.32 Å². The first-order chi connectivity index (χ1) is 5.99. The van der Waals surface area contributed by atoms with Crippen molar-refractivity contribution >= 4 is 8.32 Å². The molecular weight excluding hydrogens is 180 g/mol. The van der Waals surface area contributed by atoms with Gasteiger partial charge in [-0.05, 0) is 38.6 Å². The predicted octanol–water partition coefficient (Wildman–Crippen LogP) is 3.05. The first kappa shape index (κ1) is 10.4. The van der Waals surface area contributed by atoms with E-state index < -0.39 is 8.32 Å². The van der Waals surface area contributed by atoms with E-state index in [-0.39, 0.29) is 0 Å². The Hall–Kier alpha value is -0.703. The zero-order valence-electron chi connectivity index (χ0n) is 8.72. The Morgan fingerprint density at radius 2 is 2.23 bits per heavy atom. The fraction of sp³-hybridized carbons (Fsp3) is 0.600. The summed E-state index contributed by atoms with van der Waals surface area (Å²) < 4.78 is 11.2. The summed E-state index contributed by atoms with van der Waals surface area (Å²) in [7, 11) is -1.52. The van der Waals surface area contributed by atoms with Gasteiger partial charge >= 0.3 is 0 Å². The molecule has 0 aromatic rings. The Labute approximate surface area is 81.4 Å². The highest BCUT2D eigenvalue weighted by Crippen LogP contribution is 2.21. The minimum atomic E-state index is -1.52. The summed E-state index contributed by atoms with van der Waals surface area (Å²) in [4.78, 5) is 0. The van der Waals surface area contributed by atoms with Gasteiger partial charge in [0.25, 0.3) is 0 Å². The van der Waals surface area contributed by atoms with Gasteiger partial charge in [-0.3, -0.25) is 0 Å². The van der Waals surface area contributed by atoms with Crippen molar-refractivity contribution in [2.24, 2.45) is 0 Å². The highest BCUT2D eigenvalue weighted by Gasteiger charge is 2.19. The molecule has 3 heteroatoms. The lowest BCUT2D eigenvalue weighted by molar-refractivity contribution is 0.180. The SMILES string of the molecule is C=C(O[Si](C)(C)C)C1=CCCCO1. The maximum absolute atomic E-state index is 5.73. The van der Waals surface area contributed by atoms with Crippen molar-refractivity contribution in [3.05, 3.63) is 24.2 Å². The molecule has 0 radical (unpaired) electrons. The third kappa shape index (κ3) is 3.68. The lowest BCUT2D eigenvalue weighted by Crippen LogP contribution is -2.25. The van der Waals surface area contributed by atoms with E-state index in [1.807, 2.05) is 0 Å². The molecule has 1 heterocycles. The van der Waals surface area contributed by atoms with Crippen molar-refractivity contribution in [3.8, 4) is 0 Å². The second-order valence-electron chi connectivity index (χ2n) is 4.20. The summed E-state index contributed by atoms with van der Waals surface area (Å²) in [5, 5.41) is 0. The summed E-state index contributed by atoms with van der Waals surface area (Å²) >= 11 is 0. The molecule has 1 aliphatic rings. The highest BCUT2D eigenvalue weighted by molar-refractivity contribution is 6.70. The average molecular weight is 198 g/mol. The van der Waals surface area contributed by atoms with E-state index in [1.165, 1.54) is 0 Å². The largest absolute Gasteiger partial charge is 0.542 e. The van der Waals surface area contributed by atoms with Gasteiger partial charge in [0.15, 0.2) is 5.76 Å². The van der Waals surface area contributed by atoms with Crippen LogP contribution in [0.3, 0.4) is 0 Å². The molecule has 0 aromatic carbocycles. The van der Waals surface area contributed by atoms with Crippen LogP contribution in [0.25, 0.3) is 0 Å². The molecular formula is C10H18O2Si. The predicted molar refractivity (Wildman–Crippen MR) is 56.8 cm³/mol. The quantitative estimate of drug-likeness (QED) is 0.512. The van der Waals surface area contributed by atoms with Crippen molar-refractivity contribution in [1.82, 2.24) is 0 Å². The van der Waals surface area contributed by atoms with Crippen LogP contribution in [0.2, 0.25) is 19.6 Å². The Kier molecular flexibility index (Phi) is 3.20. The van der Waals surface area contributed by atoms with Crippen LogP contribution < -0.4 is 0 Å². The molecule has 2 nitrogen and oxygen atoms in total. The average Bonchev–Trinajstić information content (AvgIpc) is 2.03. The molecule has 0 bridgehead atoms. The Morgan fingerprint density at radius 1 is 1.54 bits per heavy atom. The molecule has 1 aliphatic heterocycles. The normalized spacial score (nSPS) is 17.3. The number of rotatable bonds is 3. The Balaban J connectivity index is 2.52. The molecule has 1 rings (SSSR count). The van der Waals surface area contributed by atoms with Crippen molar-refractivity contribution in [2.45, 2.75) is 32.5 Å². The fourth-order valence-corrected chi connectivity index (χ4v) is 2.01. The first-order valence-corrected chi connectivity index (χ1v) is 8.11. The van der Waals surface area contributed by atoms with Crippen LogP contribution in [-0.4, -0.2) is 14.9 Å². The van der Waals surface area contributed by atoms with Gasteiger partial charge in [-0.1, -0.05) is 6.58 Å². The molecule has 0 spiro atoms. The van der Waals surface area contributed by atoms with Crippen LogP contribution in [0.1, 0.15) is 12.8 Å². The van der Waals surface area contributed by atoms with E-state index in [9.17, 15) is 0 Å². The molecule has 0 atom stereocenters. The topological polar surface area (TPSA) is 18.5 Å². The molecule has 0 saturated heterocycles. The fourth-order valence-electron chi connectivity index (χ4n) is 1.17. The third-order valence-electron chi connectivity index (χ3n) is 1.64. The van der Waals surface area contributed by atoms with Gasteiger partial charge in [0, 0.05) is 0 Å². The van der Waals surface area contributed by atoms with Gasteiger partial charge in [0.1, 0.15) is 5.76 Å². The van der Waals surface area contributed by atoms with Crippen LogP contribution in [0.4, 0.5) is 0 Å². The minimum absolute atomic E-state index is 0.707. The van der Waals surface area contributed by atoms with E-state index in [0.29, 0.717) is 5.76 Å². The van der Waals surface area contributed by atoms with Crippen molar-refractivity contribution in [2.75, 3.05) is 6.61 Å². The second kappa shape index (κ2) is 4.00. The van der Waals surface area contributed by atoms with Gasteiger partial charge in [-0.15, -0.1) is 0 Å².